The Hall–Kier alpha value is -4.98. The Labute approximate surface area is 407 Å². The number of para-hydroxylation sites is 1. The van der Waals surface area contributed by atoms with Crippen LogP contribution in [0.15, 0.2) is 205 Å². The summed E-state index contributed by atoms with van der Waals surface area (Å²) in [6.07, 6.45) is 20.7. The number of hydrogen-bond donors (Lipinski definition) is 0. The van der Waals surface area contributed by atoms with Gasteiger partial charge in [0.1, 0.15) is 11.2 Å². The van der Waals surface area contributed by atoms with Crippen molar-refractivity contribution < 1.29 is 49.2 Å². The molecule has 1 nitrogen and oxygen atoms in total. The molecule has 1 aliphatic rings. The zero-order valence-electron chi connectivity index (χ0n) is 35.1. The van der Waals surface area contributed by atoms with Gasteiger partial charge in [-0.1, -0.05) is 139 Å². The predicted octanol–water partition coefficient (Wildman–Crippen LogP) is 12.5. The topological polar surface area (TPSA) is 13.1 Å². The number of fused-ring (bicyclic) bond motifs is 6. The molecule has 0 amide bonds. The van der Waals surface area contributed by atoms with Crippen LogP contribution in [0, 0.1) is 31.6 Å². The zero-order chi connectivity index (χ0) is 41.8. The molecule has 0 bridgehead atoms. The first-order chi connectivity index (χ1) is 30.1. The number of rotatable bonds is 9. The van der Waals surface area contributed by atoms with E-state index in [-0.39, 0.29) is 44.8 Å². The van der Waals surface area contributed by atoms with Gasteiger partial charge in [-0.3, -0.25) is 11.8 Å². The average molecular weight is 1220 g/mol. The van der Waals surface area contributed by atoms with Crippen LogP contribution in [0.5, 0.6) is 0 Å². The van der Waals surface area contributed by atoms with Crippen LogP contribution < -0.4 is 21.2 Å². The van der Waals surface area contributed by atoms with E-state index in [9.17, 15) is 0 Å². The van der Waals surface area contributed by atoms with Crippen molar-refractivity contribution in [1.82, 2.24) is 0 Å². The molecule has 1 aliphatic carbocycles. The van der Waals surface area contributed by atoms with Gasteiger partial charge in [-0.15, -0.1) is 23.3 Å². The van der Waals surface area contributed by atoms with Gasteiger partial charge in [0.2, 0.25) is 0 Å². The summed E-state index contributed by atoms with van der Waals surface area (Å²) >= 11 is 0. The first-order valence-corrected chi connectivity index (χ1v) is 24.4. The monoisotopic (exact) mass is 1220 g/mol. The quantitative estimate of drug-likeness (QED) is 0.0462. The summed E-state index contributed by atoms with van der Waals surface area (Å²) in [5.41, 5.74) is 9.85. The third-order valence-electron chi connectivity index (χ3n) is 11.3. The third kappa shape index (κ3) is 11.6. The van der Waals surface area contributed by atoms with Crippen molar-refractivity contribution >= 4 is 59.0 Å². The summed E-state index contributed by atoms with van der Waals surface area (Å²) in [6.45, 7) is 2.21. The van der Waals surface area contributed by atoms with E-state index >= 15 is 0 Å². The molecule has 1 heterocycles. The molecule has 0 fully saturated rings. The van der Waals surface area contributed by atoms with Crippen LogP contribution in [0.1, 0.15) is 40.7 Å². The molecule has 63 heavy (non-hydrogen) atoms. The molecule has 1 atom stereocenters. The van der Waals surface area contributed by atoms with Gasteiger partial charge in [0.25, 0.3) is 0 Å². The Kier molecular flexibility index (Phi) is 17.8. The molecule has 0 spiro atoms. The Bertz CT molecular complexity index is 2910. The van der Waals surface area contributed by atoms with E-state index in [2.05, 4.69) is 164 Å². The van der Waals surface area contributed by atoms with Crippen LogP contribution in [0.3, 0.4) is 0 Å². The van der Waals surface area contributed by atoms with Crippen molar-refractivity contribution in [1.29, 1.82) is 0 Å². The molecule has 10 rings (SSSR count). The Morgan fingerprint density at radius 3 is 1.57 bits per heavy atom. The van der Waals surface area contributed by atoms with Gasteiger partial charge in [0, 0.05) is 5.39 Å². The van der Waals surface area contributed by atoms with E-state index in [1.54, 1.807) is 5.30 Å². The molecular weight excluding hydrogens is 1170 g/mol. The predicted molar refractivity (Wildman–Crippen MR) is 266 cm³/mol. The minimum Gasteiger partial charge on any atom is -0.458 e. The fraction of sp³-hybridized carbons (Fsp3) is 0.103. The van der Waals surface area contributed by atoms with Gasteiger partial charge in [0.05, 0.1) is 49.4 Å². The number of benzene rings is 8. The van der Waals surface area contributed by atoms with E-state index in [4.69, 9.17) is 17.3 Å². The average Bonchev–Trinajstić information content (AvgIpc) is 3.90. The van der Waals surface area contributed by atoms with Crippen LogP contribution in [0.4, 0.5) is 0 Å². The first kappa shape index (κ1) is 47.5. The Morgan fingerprint density at radius 2 is 0.952 bits per heavy atom. The van der Waals surface area contributed by atoms with Crippen LogP contribution in [0.2, 0.25) is 0 Å². The molecular formula is C58H48Au2OP2+2. The molecule has 1 unspecified atom stereocenters. The molecule has 0 saturated carbocycles. The summed E-state index contributed by atoms with van der Waals surface area (Å²) < 4.78 is 5.67. The summed E-state index contributed by atoms with van der Waals surface area (Å²) in [6, 6.07) is 70.7. The van der Waals surface area contributed by atoms with Crippen molar-refractivity contribution in [2.24, 2.45) is 0 Å². The van der Waals surface area contributed by atoms with Crippen LogP contribution >= 0.6 is 15.8 Å². The number of aryl methyl sites for hydroxylation is 1. The van der Waals surface area contributed by atoms with Crippen molar-refractivity contribution in [2.75, 3.05) is 12.3 Å². The molecule has 0 N–H and O–H groups in total. The maximum absolute atomic E-state index is 7.30. The van der Waals surface area contributed by atoms with Crippen molar-refractivity contribution in [2.45, 2.75) is 26.2 Å². The molecule has 8 aromatic carbocycles. The fourth-order valence-corrected chi connectivity index (χ4v) is 13.9. The van der Waals surface area contributed by atoms with Gasteiger partial charge in [0.15, 0.2) is 0 Å². The molecule has 0 aliphatic heterocycles. The summed E-state index contributed by atoms with van der Waals surface area (Å²) in [5.74, 6) is 4.96. The van der Waals surface area contributed by atoms with Crippen molar-refractivity contribution in [3.05, 3.63) is 241 Å². The molecule has 9 aromatic rings. The van der Waals surface area contributed by atoms with Gasteiger partial charge in [-0.2, -0.15) is 0 Å². The molecule has 316 valence electrons. The molecule has 5 heteroatoms. The van der Waals surface area contributed by atoms with Crippen LogP contribution in [0.25, 0.3) is 33.1 Å². The summed E-state index contributed by atoms with van der Waals surface area (Å²) in [7, 11) is -1.46. The minimum atomic E-state index is -0.736. The second-order valence-electron chi connectivity index (χ2n) is 15.3. The van der Waals surface area contributed by atoms with Gasteiger partial charge in [-0.05, 0) is 109 Å². The van der Waals surface area contributed by atoms with Crippen LogP contribution in [-0.4, -0.2) is 12.3 Å². The normalized spacial score (nSPS) is 11.2. The maximum atomic E-state index is 7.30. The molecule has 1 aromatic heterocycles. The number of hydrogen-bond acceptors (Lipinski definition) is 1. The smallest absolute Gasteiger partial charge is 0.458 e. The van der Waals surface area contributed by atoms with Crippen molar-refractivity contribution in [3.63, 3.8) is 0 Å². The van der Waals surface area contributed by atoms with Crippen LogP contribution in [-0.2, 0) is 51.2 Å². The Balaban J connectivity index is 0.000000172. The fourth-order valence-electron chi connectivity index (χ4n) is 8.44. The second kappa shape index (κ2) is 23.6. The van der Waals surface area contributed by atoms with E-state index < -0.39 is 15.8 Å². The standard InChI is InChI=1S/C29H30P2.C15H9.C14H7O.2Au/c1-25-14-13-21-29(24-25)31(28-19-9-4-10-20-28)23-12-11-22-30(26-15-5-2-6-16-26)27-17-7-3-8-18-27;1-2-11-7-5-8-13-10-12-6-3-4-9-14(12)15(11)13;1-2-10-6-5-9-13-14(10)11-7-3-4-8-12(11)15-13;;/h2-10,13-21,24H,11-12,22-23H2,1H3;3-9H,10H2;3-9H;;/q;2*-1;2*+1/p+2. The van der Waals surface area contributed by atoms with Gasteiger partial charge < -0.3 is 17.3 Å². The molecule has 0 radical (unpaired) electrons. The summed E-state index contributed by atoms with van der Waals surface area (Å²) in [5, 5.41) is 8.17. The number of unbranched alkanes of at least 4 members (excludes halogenated alkanes) is 1. The maximum Gasteiger partial charge on any atom is 1.00 e. The van der Waals surface area contributed by atoms with Crippen molar-refractivity contribution in [3.8, 4) is 23.0 Å². The van der Waals surface area contributed by atoms with E-state index in [1.165, 1.54) is 68.9 Å². The largest absolute Gasteiger partial charge is 1.00 e. The van der Waals surface area contributed by atoms with Gasteiger partial charge in [-0.25, -0.2) is 0 Å². The third-order valence-corrected chi connectivity index (χ3v) is 17.1. The SMILES string of the molecule is Cc1cccc([PH+](CCCC[PH+](c2ccccc2)c2ccccc2)c2ccccc2)c1.[Au+].[Au+].[C-]#Cc1cccc2c1-c1ccccc1C2.[C-]#Cc1cccc2oc3ccccc3c12. The molecule has 0 saturated heterocycles. The Morgan fingerprint density at radius 1 is 0.476 bits per heavy atom. The first-order valence-electron chi connectivity index (χ1n) is 21.0. The van der Waals surface area contributed by atoms with E-state index in [0.29, 0.717) is 0 Å². The van der Waals surface area contributed by atoms with E-state index in [0.717, 1.165) is 39.5 Å². The minimum absolute atomic E-state index is 0. The second-order valence-corrected chi connectivity index (χ2v) is 20.6. The van der Waals surface area contributed by atoms with E-state index in [1.807, 2.05) is 54.6 Å². The zero-order valence-corrected chi connectivity index (χ0v) is 41.4. The van der Waals surface area contributed by atoms with Gasteiger partial charge >= 0.3 is 44.8 Å². The number of furan rings is 1. The summed E-state index contributed by atoms with van der Waals surface area (Å²) in [4.78, 5) is 0.